The van der Waals surface area contributed by atoms with Crippen molar-refractivity contribution in [2.24, 2.45) is 0 Å². The second kappa shape index (κ2) is 5.04. The highest BCUT2D eigenvalue weighted by molar-refractivity contribution is 9.08. The molecule has 1 aromatic carbocycles. The average molecular weight is 368 g/mol. The van der Waals surface area contributed by atoms with Crippen molar-refractivity contribution >= 4 is 15.9 Å². The fourth-order valence-corrected chi connectivity index (χ4v) is 2.49. The largest absolute Gasteiger partial charge is 0.307 e. The van der Waals surface area contributed by atoms with Gasteiger partial charge in [0.15, 0.2) is 29.1 Å². The zero-order valence-corrected chi connectivity index (χ0v) is 11.9. The lowest BCUT2D eigenvalue weighted by molar-refractivity contribution is 0.380. The van der Waals surface area contributed by atoms with E-state index in [-0.39, 0.29) is 17.2 Å². The maximum absolute atomic E-state index is 13.9. The lowest BCUT2D eigenvalue weighted by Gasteiger charge is -2.10. The molecule has 112 valence electrons. The van der Waals surface area contributed by atoms with E-state index in [1.807, 2.05) is 0 Å². The van der Waals surface area contributed by atoms with Gasteiger partial charge in [0.25, 0.3) is 0 Å². The first-order valence-corrected chi connectivity index (χ1v) is 7.11. The maximum Gasteiger partial charge on any atom is 0.200 e. The number of hydrogen-bond donors (Lipinski definition) is 0. The molecular formula is C12H7BrF5N3. The number of rotatable bonds is 3. The van der Waals surface area contributed by atoms with Crippen LogP contribution in [-0.2, 0) is 5.33 Å². The smallest absolute Gasteiger partial charge is 0.200 e. The summed E-state index contributed by atoms with van der Waals surface area (Å²) in [4.78, 5) is 0. The van der Waals surface area contributed by atoms with E-state index in [1.54, 1.807) is 0 Å². The molecule has 1 fully saturated rings. The highest BCUT2D eigenvalue weighted by Gasteiger charge is 2.34. The van der Waals surface area contributed by atoms with Crippen molar-refractivity contribution in [2.45, 2.75) is 24.2 Å². The van der Waals surface area contributed by atoms with E-state index in [2.05, 4.69) is 26.1 Å². The van der Waals surface area contributed by atoms with Crippen LogP contribution in [0.1, 0.15) is 24.7 Å². The Kier molecular flexibility index (Phi) is 3.46. The highest BCUT2D eigenvalue weighted by atomic mass is 79.9. The zero-order valence-electron chi connectivity index (χ0n) is 10.3. The third-order valence-electron chi connectivity index (χ3n) is 3.23. The van der Waals surface area contributed by atoms with Crippen LogP contribution in [0.2, 0.25) is 0 Å². The van der Waals surface area contributed by atoms with Crippen LogP contribution in [0.3, 0.4) is 0 Å². The summed E-state index contributed by atoms with van der Waals surface area (Å²) in [6, 6.07) is -0.0856. The predicted molar refractivity (Wildman–Crippen MR) is 66.2 cm³/mol. The Balaban J connectivity index is 2.29. The van der Waals surface area contributed by atoms with Crippen molar-refractivity contribution in [3.05, 3.63) is 34.9 Å². The first-order valence-electron chi connectivity index (χ1n) is 5.98. The minimum Gasteiger partial charge on any atom is -0.307 e. The van der Waals surface area contributed by atoms with Crippen LogP contribution in [0.15, 0.2) is 0 Å². The molecule has 0 radical (unpaired) electrons. The maximum atomic E-state index is 13.9. The standard InChI is InChI=1S/C12H7BrF5N3/c13-3-5-19-20-12(21(5)4-1-2-4)6-7(14)9(16)11(18)10(17)8(6)15/h4H,1-3H2. The van der Waals surface area contributed by atoms with Crippen molar-refractivity contribution in [2.75, 3.05) is 0 Å². The van der Waals surface area contributed by atoms with E-state index >= 15 is 0 Å². The van der Waals surface area contributed by atoms with E-state index in [1.165, 1.54) is 4.57 Å². The lowest BCUT2D eigenvalue weighted by atomic mass is 10.1. The van der Waals surface area contributed by atoms with E-state index in [0.717, 1.165) is 12.8 Å². The average Bonchev–Trinajstić information content (AvgIpc) is 3.23. The highest BCUT2D eigenvalue weighted by Crippen LogP contribution is 2.41. The van der Waals surface area contributed by atoms with Gasteiger partial charge in [-0.25, -0.2) is 22.0 Å². The molecule has 1 saturated carbocycles. The first kappa shape index (κ1) is 14.4. The normalized spacial score (nSPS) is 14.8. The van der Waals surface area contributed by atoms with Crippen molar-refractivity contribution in [3.8, 4) is 11.4 Å². The molecule has 1 aliphatic rings. The molecule has 0 bridgehead atoms. The van der Waals surface area contributed by atoms with Crippen LogP contribution in [0.5, 0.6) is 0 Å². The molecular weight excluding hydrogens is 361 g/mol. The van der Waals surface area contributed by atoms with Crippen molar-refractivity contribution in [3.63, 3.8) is 0 Å². The number of hydrogen-bond acceptors (Lipinski definition) is 2. The van der Waals surface area contributed by atoms with Gasteiger partial charge >= 0.3 is 0 Å². The van der Waals surface area contributed by atoms with Gasteiger partial charge in [0.2, 0.25) is 5.82 Å². The van der Waals surface area contributed by atoms with Gasteiger partial charge in [-0.3, -0.25) is 0 Å². The Morgan fingerprint density at radius 2 is 1.43 bits per heavy atom. The van der Waals surface area contributed by atoms with Crippen molar-refractivity contribution < 1.29 is 22.0 Å². The van der Waals surface area contributed by atoms with Gasteiger partial charge in [-0.1, -0.05) is 15.9 Å². The summed E-state index contributed by atoms with van der Waals surface area (Å²) in [6.45, 7) is 0. The second-order valence-corrected chi connectivity index (χ2v) is 5.18. The molecule has 3 rings (SSSR count). The number of nitrogens with zero attached hydrogens (tertiary/aromatic N) is 3. The van der Waals surface area contributed by atoms with Gasteiger partial charge in [-0.2, -0.15) is 0 Å². The summed E-state index contributed by atoms with van der Waals surface area (Å²) in [6.07, 6.45) is 1.47. The van der Waals surface area contributed by atoms with Gasteiger partial charge in [0.1, 0.15) is 5.82 Å². The summed E-state index contributed by atoms with van der Waals surface area (Å²) in [5, 5.41) is 7.59. The number of benzene rings is 1. The van der Waals surface area contributed by atoms with Crippen molar-refractivity contribution in [1.29, 1.82) is 0 Å². The Morgan fingerprint density at radius 3 is 1.90 bits per heavy atom. The fourth-order valence-electron chi connectivity index (χ4n) is 2.10. The molecule has 1 aliphatic carbocycles. The molecule has 0 atom stereocenters. The van der Waals surface area contributed by atoms with Crippen molar-refractivity contribution in [1.82, 2.24) is 14.8 Å². The van der Waals surface area contributed by atoms with E-state index in [4.69, 9.17) is 0 Å². The topological polar surface area (TPSA) is 30.7 Å². The molecule has 3 nitrogen and oxygen atoms in total. The van der Waals surface area contributed by atoms with Crippen LogP contribution in [-0.4, -0.2) is 14.8 Å². The molecule has 0 aliphatic heterocycles. The molecule has 0 amide bonds. The molecule has 9 heteroatoms. The van der Waals surface area contributed by atoms with Gasteiger partial charge in [0.05, 0.1) is 10.9 Å². The summed E-state index contributed by atoms with van der Waals surface area (Å²) in [5.41, 5.74) is -1.04. The van der Waals surface area contributed by atoms with Gasteiger partial charge in [-0.05, 0) is 12.8 Å². The van der Waals surface area contributed by atoms with Crippen LogP contribution in [0, 0.1) is 29.1 Å². The van der Waals surface area contributed by atoms with Crippen LogP contribution < -0.4 is 0 Å². The molecule has 2 aromatic rings. The minimum atomic E-state index is -2.19. The first-order chi connectivity index (χ1) is 9.97. The molecule has 0 N–H and O–H groups in total. The van der Waals surface area contributed by atoms with Crippen LogP contribution in [0.25, 0.3) is 11.4 Å². The summed E-state index contributed by atoms with van der Waals surface area (Å²) in [5.74, 6) is -9.95. The molecule has 1 aromatic heterocycles. The minimum absolute atomic E-state index is 0.0856. The Labute approximate surface area is 123 Å². The third kappa shape index (κ3) is 2.14. The summed E-state index contributed by atoms with van der Waals surface area (Å²) >= 11 is 3.15. The predicted octanol–water partition coefficient (Wildman–Crippen LogP) is 3.87. The number of alkyl halides is 1. The Bertz CT molecular complexity index is 697. The van der Waals surface area contributed by atoms with E-state index in [9.17, 15) is 22.0 Å². The monoisotopic (exact) mass is 367 g/mol. The SMILES string of the molecule is Fc1c(F)c(F)c(-c2nnc(CBr)n2C2CC2)c(F)c1F. The summed E-state index contributed by atoms with van der Waals surface area (Å²) < 4.78 is 68.8. The quantitative estimate of drug-likeness (QED) is 0.357. The van der Waals surface area contributed by atoms with Gasteiger partial charge < -0.3 is 4.57 Å². The van der Waals surface area contributed by atoms with E-state index in [0.29, 0.717) is 5.82 Å². The third-order valence-corrected chi connectivity index (χ3v) is 3.73. The molecule has 1 heterocycles. The van der Waals surface area contributed by atoms with Crippen LogP contribution >= 0.6 is 15.9 Å². The summed E-state index contributed by atoms with van der Waals surface area (Å²) in [7, 11) is 0. The van der Waals surface area contributed by atoms with Gasteiger partial charge in [0, 0.05) is 6.04 Å². The van der Waals surface area contributed by atoms with E-state index < -0.39 is 34.6 Å². The molecule has 21 heavy (non-hydrogen) atoms. The number of halogens is 6. The van der Waals surface area contributed by atoms with Crippen LogP contribution in [0.4, 0.5) is 22.0 Å². The number of aromatic nitrogens is 3. The second-order valence-electron chi connectivity index (χ2n) is 4.62. The molecule has 0 unspecified atom stereocenters. The fraction of sp³-hybridized carbons (Fsp3) is 0.333. The Morgan fingerprint density at radius 1 is 0.905 bits per heavy atom. The Hall–Kier alpha value is -1.51. The van der Waals surface area contributed by atoms with Gasteiger partial charge in [-0.15, -0.1) is 10.2 Å². The molecule has 0 spiro atoms. The zero-order chi connectivity index (χ0) is 15.3. The molecule has 0 saturated heterocycles. The lowest BCUT2D eigenvalue weighted by Crippen LogP contribution is -2.09.